The molecule has 106 valence electrons. The van der Waals surface area contributed by atoms with Crippen LogP contribution in [-0.4, -0.2) is 42.1 Å². The van der Waals surface area contributed by atoms with Crippen molar-refractivity contribution in [3.63, 3.8) is 0 Å². The zero-order valence-corrected chi connectivity index (χ0v) is 12.3. The van der Waals surface area contributed by atoms with Crippen molar-refractivity contribution in [3.8, 4) is 0 Å². The van der Waals surface area contributed by atoms with Crippen molar-refractivity contribution in [1.82, 2.24) is 9.88 Å². The van der Waals surface area contributed by atoms with Gasteiger partial charge in [0, 0.05) is 25.2 Å². The standard InChI is InChI=1S/C15H26N4/c1-4-6-17-14-9-15(11-16-10-14)18-13-5-7-19(3)12(2)8-13/h9-13,17-18H,4-8H2,1-3H3. The minimum absolute atomic E-state index is 0.564. The fourth-order valence-corrected chi connectivity index (χ4v) is 2.54. The van der Waals surface area contributed by atoms with Crippen LogP contribution in [-0.2, 0) is 0 Å². The lowest BCUT2D eigenvalue weighted by Crippen LogP contribution is -2.42. The molecule has 2 unspecified atom stereocenters. The zero-order valence-electron chi connectivity index (χ0n) is 12.3. The van der Waals surface area contributed by atoms with Crippen LogP contribution in [0.4, 0.5) is 11.4 Å². The molecule has 1 saturated heterocycles. The van der Waals surface area contributed by atoms with Gasteiger partial charge in [0.1, 0.15) is 0 Å². The molecule has 2 atom stereocenters. The van der Waals surface area contributed by atoms with Crippen molar-refractivity contribution in [2.45, 2.75) is 45.2 Å². The van der Waals surface area contributed by atoms with Crippen LogP contribution in [0.3, 0.4) is 0 Å². The SMILES string of the molecule is CCCNc1cncc(NC2CCN(C)C(C)C2)c1. The van der Waals surface area contributed by atoms with Crippen LogP contribution in [0.1, 0.15) is 33.1 Å². The number of nitrogens with zero attached hydrogens (tertiary/aromatic N) is 2. The van der Waals surface area contributed by atoms with E-state index < -0.39 is 0 Å². The van der Waals surface area contributed by atoms with E-state index in [4.69, 9.17) is 0 Å². The Hall–Kier alpha value is -1.29. The Labute approximate surface area is 116 Å². The molecular formula is C15H26N4. The zero-order chi connectivity index (χ0) is 13.7. The molecular weight excluding hydrogens is 236 g/mol. The van der Waals surface area contributed by atoms with E-state index in [1.165, 1.54) is 19.4 Å². The summed E-state index contributed by atoms with van der Waals surface area (Å²) in [6, 6.07) is 3.38. The molecule has 1 aromatic heterocycles. The predicted octanol–water partition coefficient (Wildman–Crippen LogP) is 2.80. The Morgan fingerprint density at radius 3 is 2.89 bits per heavy atom. The van der Waals surface area contributed by atoms with Gasteiger partial charge in [-0.2, -0.15) is 0 Å². The number of likely N-dealkylation sites (tertiary alicyclic amines) is 1. The number of hydrogen-bond donors (Lipinski definition) is 2. The number of pyridine rings is 1. The van der Waals surface area contributed by atoms with Gasteiger partial charge in [-0.3, -0.25) is 4.98 Å². The van der Waals surface area contributed by atoms with Crippen molar-refractivity contribution < 1.29 is 0 Å². The summed E-state index contributed by atoms with van der Waals surface area (Å²) in [6.07, 6.45) is 7.33. The van der Waals surface area contributed by atoms with Crippen molar-refractivity contribution in [3.05, 3.63) is 18.5 Å². The minimum Gasteiger partial charge on any atom is -0.384 e. The van der Waals surface area contributed by atoms with Gasteiger partial charge in [0.2, 0.25) is 0 Å². The number of hydrogen-bond acceptors (Lipinski definition) is 4. The molecule has 2 rings (SSSR count). The van der Waals surface area contributed by atoms with Crippen LogP contribution in [0.2, 0.25) is 0 Å². The predicted molar refractivity (Wildman–Crippen MR) is 81.8 cm³/mol. The molecule has 0 saturated carbocycles. The van der Waals surface area contributed by atoms with Crippen molar-refractivity contribution in [1.29, 1.82) is 0 Å². The fourth-order valence-electron chi connectivity index (χ4n) is 2.54. The van der Waals surface area contributed by atoms with Crippen LogP contribution >= 0.6 is 0 Å². The first-order chi connectivity index (χ1) is 9.19. The van der Waals surface area contributed by atoms with Crippen LogP contribution in [0.15, 0.2) is 18.5 Å². The first-order valence-corrected chi connectivity index (χ1v) is 7.34. The van der Waals surface area contributed by atoms with E-state index in [-0.39, 0.29) is 0 Å². The molecule has 0 amide bonds. The van der Waals surface area contributed by atoms with Gasteiger partial charge < -0.3 is 15.5 Å². The molecule has 0 radical (unpaired) electrons. The third-order valence-electron chi connectivity index (χ3n) is 3.90. The van der Waals surface area contributed by atoms with Crippen molar-refractivity contribution in [2.24, 2.45) is 0 Å². The topological polar surface area (TPSA) is 40.2 Å². The second kappa shape index (κ2) is 6.75. The molecule has 1 aliphatic heterocycles. The van der Waals surface area contributed by atoms with Gasteiger partial charge in [0.15, 0.2) is 0 Å². The van der Waals surface area contributed by atoms with Gasteiger partial charge in [-0.15, -0.1) is 0 Å². The van der Waals surface area contributed by atoms with Gasteiger partial charge >= 0.3 is 0 Å². The lowest BCUT2D eigenvalue weighted by Gasteiger charge is -2.35. The van der Waals surface area contributed by atoms with Gasteiger partial charge in [-0.1, -0.05) is 6.92 Å². The van der Waals surface area contributed by atoms with E-state index in [2.05, 4.69) is 47.5 Å². The maximum absolute atomic E-state index is 4.30. The monoisotopic (exact) mass is 262 g/mol. The highest BCUT2D eigenvalue weighted by molar-refractivity contribution is 5.54. The number of aromatic nitrogens is 1. The molecule has 0 spiro atoms. The minimum atomic E-state index is 0.564. The van der Waals surface area contributed by atoms with Gasteiger partial charge in [0.05, 0.1) is 23.8 Å². The average molecular weight is 262 g/mol. The lowest BCUT2D eigenvalue weighted by atomic mass is 9.99. The highest BCUT2D eigenvalue weighted by Gasteiger charge is 2.22. The average Bonchev–Trinajstić information content (AvgIpc) is 2.41. The molecule has 1 aromatic rings. The molecule has 1 aliphatic rings. The van der Waals surface area contributed by atoms with E-state index in [1.54, 1.807) is 0 Å². The van der Waals surface area contributed by atoms with Gasteiger partial charge in [-0.05, 0) is 39.3 Å². The van der Waals surface area contributed by atoms with Crippen LogP contribution < -0.4 is 10.6 Å². The second-order valence-corrected chi connectivity index (χ2v) is 5.58. The number of nitrogens with one attached hydrogen (secondary N) is 2. The number of rotatable bonds is 5. The molecule has 19 heavy (non-hydrogen) atoms. The van der Waals surface area contributed by atoms with E-state index in [0.29, 0.717) is 12.1 Å². The molecule has 0 bridgehead atoms. The summed E-state index contributed by atoms with van der Waals surface area (Å²) < 4.78 is 0. The summed E-state index contributed by atoms with van der Waals surface area (Å²) >= 11 is 0. The van der Waals surface area contributed by atoms with E-state index in [0.717, 1.165) is 24.3 Å². The van der Waals surface area contributed by atoms with Gasteiger partial charge in [0.25, 0.3) is 0 Å². The quantitative estimate of drug-likeness (QED) is 0.856. The largest absolute Gasteiger partial charge is 0.384 e. The molecule has 2 heterocycles. The van der Waals surface area contributed by atoms with Crippen LogP contribution in [0.5, 0.6) is 0 Å². The highest BCUT2D eigenvalue weighted by atomic mass is 15.1. The van der Waals surface area contributed by atoms with Crippen LogP contribution in [0, 0.1) is 0 Å². The Morgan fingerprint density at radius 2 is 2.16 bits per heavy atom. The third-order valence-corrected chi connectivity index (χ3v) is 3.90. The van der Waals surface area contributed by atoms with E-state index in [9.17, 15) is 0 Å². The second-order valence-electron chi connectivity index (χ2n) is 5.58. The molecule has 1 fully saturated rings. The maximum Gasteiger partial charge on any atom is 0.0549 e. The summed E-state index contributed by atoms with van der Waals surface area (Å²) in [6.45, 7) is 6.63. The Balaban J connectivity index is 1.91. The Bertz CT molecular complexity index is 393. The lowest BCUT2D eigenvalue weighted by molar-refractivity contribution is 0.190. The Morgan fingerprint density at radius 1 is 1.37 bits per heavy atom. The molecule has 4 nitrogen and oxygen atoms in total. The normalized spacial score (nSPS) is 24.2. The summed E-state index contributed by atoms with van der Waals surface area (Å²) in [5, 5.41) is 7.00. The van der Waals surface area contributed by atoms with Crippen molar-refractivity contribution >= 4 is 11.4 Å². The third kappa shape index (κ3) is 4.10. The summed E-state index contributed by atoms with van der Waals surface area (Å²) in [4.78, 5) is 6.73. The van der Waals surface area contributed by atoms with Crippen LogP contribution in [0.25, 0.3) is 0 Å². The van der Waals surface area contributed by atoms with E-state index in [1.807, 2.05) is 12.4 Å². The van der Waals surface area contributed by atoms with Crippen molar-refractivity contribution in [2.75, 3.05) is 30.8 Å². The molecule has 0 aromatic carbocycles. The number of anilines is 2. The fraction of sp³-hybridized carbons (Fsp3) is 0.667. The summed E-state index contributed by atoms with van der Waals surface area (Å²) in [5.74, 6) is 0. The van der Waals surface area contributed by atoms with E-state index >= 15 is 0 Å². The summed E-state index contributed by atoms with van der Waals surface area (Å²) in [5.41, 5.74) is 2.23. The molecule has 2 N–H and O–H groups in total. The van der Waals surface area contributed by atoms with Gasteiger partial charge in [-0.25, -0.2) is 0 Å². The smallest absolute Gasteiger partial charge is 0.0549 e. The highest BCUT2D eigenvalue weighted by Crippen LogP contribution is 2.21. The Kier molecular flexibility index (Phi) is 5.02. The first kappa shape index (κ1) is 14.1. The molecule has 0 aliphatic carbocycles. The molecule has 4 heteroatoms. The first-order valence-electron chi connectivity index (χ1n) is 7.34. The number of piperidine rings is 1. The maximum atomic E-state index is 4.30. The summed E-state index contributed by atoms with van der Waals surface area (Å²) in [7, 11) is 2.21.